The Morgan fingerprint density at radius 1 is 1.05 bits per heavy atom. The second-order valence-corrected chi connectivity index (χ2v) is 8.99. The van der Waals surface area contributed by atoms with E-state index in [2.05, 4.69) is 22.2 Å². The molecule has 1 heterocycles. The van der Waals surface area contributed by atoms with Crippen molar-refractivity contribution in [3.8, 4) is 11.5 Å². The molecular weight excluding hydrogens is 495 g/mol. The van der Waals surface area contributed by atoms with Gasteiger partial charge in [-0.3, -0.25) is 9.78 Å². The molecule has 0 saturated heterocycles. The number of hydrogen-bond donors (Lipinski definition) is 2. The van der Waals surface area contributed by atoms with Crippen LogP contribution in [-0.2, 0) is 19.1 Å². The molecule has 0 fully saturated rings. The van der Waals surface area contributed by atoms with Gasteiger partial charge in [0.1, 0.15) is 17.2 Å². The van der Waals surface area contributed by atoms with Crippen LogP contribution >= 0.6 is 0 Å². The number of aromatic nitrogens is 1. The SMILES string of the molecule is C=C(C)CCc1cc(C)c(C(F)(F)F)cc1NC(=O)NCc1ccc(Oc2ccnc(C(=O)CC)c2)cc1. The Morgan fingerprint density at radius 3 is 2.39 bits per heavy atom. The number of aryl methyl sites for hydroxylation is 2. The third-order valence-electron chi connectivity index (χ3n) is 5.78. The Balaban J connectivity index is 1.64. The molecule has 0 unspecified atom stereocenters. The van der Waals surface area contributed by atoms with Crippen LogP contribution in [0.4, 0.5) is 23.7 Å². The fourth-order valence-corrected chi connectivity index (χ4v) is 3.71. The van der Waals surface area contributed by atoms with Crippen molar-refractivity contribution in [2.45, 2.75) is 52.8 Å². The van der Waals surface area contributed by atoms with Gasteiger partial charge in [0.05, 0.1) is 5.56 Å². The number of pyridine rings is 1. The van der Waals surface area contributed by atoms with Gasteiger partial charge in [-0.25, -0.2) is 4.79 Å². The predicted octanol–water partition coefficient (Wildman–Crippen LogP) is 7.62. The van der Waals surface area contributed by atoms with Crippen molar-refractivity contribution in [3.05, 3.63) is 94.8 Å². The number of benzene rings is 2. The van der Waals surface area contributed by atoms with Gasteiger partial charge in [0.25, 0.3) is 0 Å². The van der Waals surface area contributed by atoms with Gasteiger partial charge in [-0.15, -0.1) is 6.58 Å². The molecule has 0 aliphatic carbocycles. The van der Waals surface area contributed by atoms with Crippen molar-refractivity contribution in [1.82, 2.24) is 10.3 Å². The Morgan fingerprint density at radius 2 is 1.76 bits per heavy atom. The van der Waals surface area contributed by atoms with E-state index in [4.69, 9.17) is 4.74 Å². The largest absolute Gasteiger partial charge is 0.457 e. The number of ether oxygens (including phenoxy) is 1. The summed E-state index contributed by atoms with van der Waals surface area (Å²) in [5.74, 6) is 0.917. The molecule has 0 bridgehead atoms. The van der Waals surface area contributed by atoms with Crippen LogP contribution in [-0.4, -0.2) is 16.8 Å². The molecule has 0 atom stereocenters. The van der Waals surface area contributed by atoms with Crippen LogP contribution in [0.1, 0.15) is 59.4 Å². The fraction of sp³-hybridized carbons (Fsp3) is 0.276. The van der Waals surface area contributed by atoms with Crippen LogP contribution in [0.15, 0.2) is 66.9 Å². The maximum atomic E-state index is 13.5. The lowest BCUT2D eigenvalue weighted by Gasteiger charge is -2.18. The number of anilines is 1. The fourth-order valence-electron chi connectivity index (χ4n) is 3.71. The minimum Gasteiger partial charge on any atom is -0.457 e. The second kappa shape index (κ2) is 12.4. The maximum absolute atomic E-state index is 13.5. The molecule has 2 aromatic carbocycles. The molecule has 3 rings (SSSR count). The summed E-state index contributed by atoms with van der Waals surface area (Å²) in [6.07, 6.45) is -1.64. The van der Waals surface area contributed by atoms with Crippen molar-refractivity contribution in [3.63, 3.8) is 0 Å². The molecule has 9 heteroatoms. The molecular formula is C29H30F3N3O3. The number of amides is 2. The minimum atomic E-state index is -4.53. The van der Waals surface area contributed by atoms with Crippen molar-refractivity contribution in [1.29, 1.82) is 0 Å². The summed E-state index contributed by atoms with van der Waals surface area (Å²) in [4.78, 5) is 28.5. The van der Waals surface area contributed by atoms with Crippen molar-refractivity contribution in [2.24, 2.45) is 0 Å². The molecule has 2 N–H and O–H groups in total. The molecule has 1 aromatic heterocycles. The number of rotatable bonds is 10. The molecule has 0 aliphatic heterocycles. The van der Waals surface area contributed by atoms with Crippen molar-refractivity contribution < 1.29 is 27.5 Å². The van der Waals surface area contributed by atoms with E-state index in [1.165, 1.54) is 19.2 Å². The number of allylic oxidation sites excluding steroid dienone is 1. The highest BCUT2D eigenvalue weighted by Crippen LogP contribution is 2.35. The monoisotopic (exact) mass is 525 g/mol. The van der Waals surface area contributed by atoms with Crippen LogP contribution in [0, 0.1) is 6.92 Å². The summed E-state index contributed by atoms with van der Waals surface area (Å²) in [6.45, 7) is 9.00. The highest BCUT2D eigenvalue weighted by molar-refractivity contribution is 5.94. The summed E-state index contributed by atoms with van der Waals surface area (Å²) >= 11 is 0. The molecule has 0 radical (unpaired) electrons. The van der Waals surface area contributed by atoms with Crippen LogP contribution in [0.2, 0.25) is 0 Å². The van der Waals surface area contributed by atoms with Crippen LogP contribution in [0.3, 0.4) is 0 Å². The van der Waals surface area contributed by atoms with E-state index in [1.807, 2.05) is 6.92 Å². The highest BCUT2D eigenvalue weighted by atomic mass is 19.4. The summed E-state index contributed by atoms with van der Waals surface area (Å²) < 4.78 is 46.1. The Labute approximate surface area is 219 Å². The zero-order valence-corrected chi connectivity index (χ0v) is 21.5. The highest BCUT2D eigenvalue weighted by Gasteiger charge is 2.33. The molecule has 200 valence electrons. The molecule has 2 amide bonds. The number of halogens is 3. The number of Topliss-reactive ketones (excluding diaryl/α,β-unsaturated/α-hetero) is 1. The number of ketones is 1. The molecule has 0 saturated carbocycles. The van der Waals surface area contributed by atoms with Gasteiger partial charge in [-0.2, -0.15) is 13.2 Å². The molecule has 0 aliphatic rings. The van der Waals surface area contributed by atoms with E-state index < -0.39 is 17.8 Å². The van der Waals surface area contributed by atoms with Crippen LogP contribution < -0.4 is 15.4 Å². The van der Waals surface area contributed by atoms with E-state index in [0.717, 1.165) is 17.2 Å². The molecule has 38 heavy (non-hydrogen) atoms. The molecule has 3 aromatic rings. The minimum absolute atomic E-state index is 0.0849. The number of nitrogens with zero attached hydrogens (tertiary/aromatic N) is 1. The first-order valence-corrected chi connectivity index (χ1v) is 12.1. The Kier molecular flexibility index (Phi) is 9.28. The van der Waals surface area contributed by atoms with E-state index in [1.54, 1.807) is 43.3 Å². The summed E-state index contributed by atoms with van der Waals surface area (Å²) in [5.41, 5.74) is 2.01. The van der Waals surface area contributed by atoms with E-state index >= 15 is 0 Å². The van der Waals surface area contributed by atoms with Crippen molar-refractivity contribution >= 4 is 17.5 Å². The number of carbonyl (C=O) groups is 2. The first kappa shape index (κ1) is 28.4. The van der Waals surface area contributed by atoms with E-state index in [-0.39, 0.29) is 23.6 Å². The normalized spacial score (nSPS) is 11.1. The van der Waals surface area contributed by atoms with Crippen LogP contribution in [0.5, 0.6) is 11.5 Å². The van der Waals surface area contributed by atoms with Gasteiger partial charge in [0.2, 0.25) is 0 Å². The molecule has 6 nitrogen and oxygen atoms in total. The van der Waals surface area contributed by atoms with E-state index in [9.17, 15) is 22.8 Å². The Hall–Kier alpha value is -4.14. The first-order valence-electron chi connectivity index (χ1n) is 12.1. The number of alkyl halides is 3. The van der Waals surface area contributed by atoms with Crippen LogP contribution in [0.25, 0.3) is 0 Å². The zero-order chi connectivity index (χ0) is 27.9. The third-order valence-corrected chi connectivity index (χ3v) is 5.78. The standard InChI is InChI=1S/C29H30F3N3O3/c1-5-27(36)26-15-23(12-13-33-26)38-22-10-7-20(8-11-22)17-34-28(37)35-25-16-24(29(30,31)32)19(4)14-21(25)9-6-18(2)3/h7-8,10-16H,2,5-6,9,17H2,1,3-4H3,(H2,34,35,37). The summed E-state index contributed by atoms with van der Waals surface area (Å²) in [7, 11) is 0. The van der Waals surface area contributed by atoms with E-state index in [0.29, 0.717) is 42.0 Å². The average Bonchev–Trinajstić information content (AvgIpc) is 2.87. The second-order valence-electron chi connectivity index (χ2n) is 8.99. The van der Waals surface area contributed by atoms with Gasteiger partial charge in [-0.1, -0.05) is 30.7 Å². The molecule has 0 spiro atoms. The third kappa shape index (κ3) is 7.93. The van der Waals surface area contributed by atoms with Gasteiger partial charge >= 0.3 is 12.2 Å². The summed E-state index contributed by atoms with van der Waals surface area (Å²) in [5, 5.41) is 5.24. The lowest BCUT2D eigenvalue weighted by molar-refractivity contribution is -0.138. The van der Waals surface area contributed by atoms with Gasteiger partial charge < -0.3 is 15.4 Å². The van der Waals surface area contributed by atoms with Gasteiger partial charge in [0, 0.05) is 30.9 Å². The summed E-state index contributed by atoms with van der Waals surface area (Å²) in [6, 6.07) is 12.0. The first-order chi connectivity index (χ1) is 18.0. The topological polar surface area (TPSA) is 80.3 Å². The lowest BCUT2D eigenvalue weighted by atomic mass is 9.98. The average molecular weight is 526 g/mol. The lowest BCUT2D eigenvalue weighted by Crippen LogP contribution is -2.29. The van der Waals surface area contributed by atoms with Crippen molar-refractivity contribution in [2.75, 3.05) is 5.32 Å². The quantitative estimate of drug-likeness (QED) is 0.211. The Bertz CT molecular complexity index is 1320. The number of hydrogen-bond acceptors (Lipinski definition) is 4. The van der Waals surface area contributed by atoms with Gasteiger partial charge in [0.15, 0.2) is 5.78 Å². The number of carbonyl (C=O) groups excluding carboxylic acids is 2. The smallest absolute Gasteiger partial charge is 0.416 e. The van der Waals surface area contributed by atoms with Gasteiger partial charge in [-0.05, 0) is 67.6 Å². The number of urea groups is 1. The maximum Gasteiger partial charge on any atom is 0.416 e. The zero-order valence-electron chi connectivity index (χ0n) is 21.5. The number of nitrogens with one attached hydrogen (secondary N) is 2. The predicted molar refractivity (Wildman–Crippen MR) is 141 cm³/mol.